The summed E-state index contributed by atoms with van der Waals surface area (Å²) in [6.45, 7) is 2.94. The van der Waals surface area contributed by atoms with Crippen LogP contribution in [0.1, 0.15) is 39.0 Å². The van der Waals surface area contributed by atoms with Crippen LogP contribution < -0.4 is 5.32 Å². The van der Waals surface area contributed by atoms with E-state index in [2.05, 4.69) is 24.4 Å². The van der Waals surface area contributed by atoms with Crippen LogP contribution in [0, 0.1) is 0 Å². The highest BCUT2D eigenvalue weighted by Crippen LogP contribution is 2.25. The molecule has 1 fully saturated rings. The van der Waals surface area contributed by atoms with Gasteiger partial charge in [0.2, 0.25) is 0 Å². The molecule has 0 spiro atoms. The largest absolute Gasteiger partial charge is 0.378 e. The maximum absolute atomic E-state index is 5.54. The Morgan fingerprint density at radius 2 is 2.14 bits per heavy atom. The summed E-state index contributed by atoms with van der Waals surface area (Å²) in [5.74, 6) is 0. The number of rotatable bonds is 4. The van der Waals surface area contributed by atoms with E-state index in [1.54, 1.807) is 0 Å². The van der Waals surface area contributed by atoms with Gasteiger partial charge < -0.3 is 10.1 Å². The van der Waals surface area contributed by atoms with Crippen molar-refractivity contribution in [2.24, 2.45) is 0 Å². The molecule has 0 amide bonds. The van der Waals surface area contributed by atoms with E-state index >= 15 is 0 Å². The first-order chi connectivity index (χ1) is 6.88. The van der Waals surface area contributed by atoms with Crippen LogP contribution in [0.5, 0.6) is 0 Å². The van der Waals surface area contributed by atoms with Crippen molar-refractivity contribution in [1.82, 2.24) is 5.32 Å². The molecule has 0 radical (unpaired) electrons. The van der Waals surface area contributed by atoms with Gasteiger partial charge in [0.1, 0.15) is 0 Å². The minimum Gasteiger partial charge on any atom is -0.378 e. The SMILES string of the molecule is CCOC1CC(NC2CC=CCC2)C1. The van der Waals surface area contributed by atoms with Crippen molar-refractivity contribution in [3.63, 3.8) is 0 Å². The normalized spacial score (nSPS) is 36.8. The lowest BCUT2D eigenvalue weighted by molar-refractivity contribution is -0.0126. The van der Waals surface area contributed by atoms with Crippen molar-refractivity contribution >= 4 is 0 Å². The lowest BCUT2D eigenvalue weighted by Gasteiger charge is -2.38. The van der Waals surface area contributed by atoms with Crippen LogP contribution in [0.25, 0.3) is 0 Å². The van der Waals surface area contributed by atoms with Gasteiger partial charge in [-0.05, 0) is 39.0 Å². The molecule has 2 nitrogen and oxygen atoms in total. The van der Waals surface area contributed by atoms with E-state index in [1.807, 2.05) is 0 Å². The second-order valence-electron chi connectivity index (χ2n) is 4.39. The summed E-state index contributed by atoms with van der Waals surface area (Å²) in [6, 6.07) is 1.45. The molecule has 0 heterocycles. The summed E-state index contributed by atoms with van der Waals surface area (Å²) in [6.07, 6.45) is 11.3. The van der Waals surface area contributed by atoms with Crippen LogP contribution in [-0.4, -0.2) is 24.8 Å². The van der Waals surface area contributed by atoms with E-state index in [9.17, 15) is 0 Å². The van der Waals surface area contributed by atoms with E-state index < -0.39 is 0 Å². The van der Waals surface area contributed by atoms with Crippen LogP contribution in [0.4, 0.5) is 0 Å². The van der Waals surface area contributed by atoms with E-state index in [-0.39, 0.29) is 0 Å². The van der Waals surface area contributed by atoms with Gasteiger partial charge in [-0.25, -0.2) is 0 Å². The maximum Gasteiger partial charge on any atom is 0.0604 e. The van der Waals surface area contributed by atoms with Crippen LogP contribution in [-0.2, 0) is 4.74 Å². The van der Waals surface area contributed by atoms with Gasteiger partial charge in [-0.3, -0.25) is 0 Å². The third-order valence-electron chi connectivity index (χ3n) is 3.24. The Morgan fingerprint density at radius 1 is 1.29 bits per heavy atom. The number of hydrogen-bond donors (Lipinski definition) is 1. The summed E-state index contributed by atoms with van der Waals surface area (Å²) < 4.78 is 5.54. The van der Waals surface area contributed by atoms with Gasteiger partial charge >= 0.3 is 0 Å². The van der Waals surface area contributed by atoms with Crippen molar-refractivity contribution in [1.29, 1.82) is 0 Å². The molecule has 14 heavy (non-hydrogen) atoms. The predicted molar refractivity (Wildman–Crippen MR) is 58.4 cm³/mol. The molecule has 0 aromatic carbocycles. The zero-order valence-electron chi connectivity index (χ0n) is 9.04. The lowest BCUT2D eigenvalue weighted by atomic mass is 9.87. The molecule has 0 aliphatic heterocycles. The lowest BCUT2D eigenvalue weighted by Crippen LogP contribution is -2.49. The van der Waals surface area contributed by atoms with Crippen LogP contribution in [0.3, 0.4) is 0 Å². The zero-order chi connectivity index (χ0) is 9.80. The smallest absolute Gasteiger partial charge is 0.0604 e. The molecule has 0 saturated heterocycles. The Bertz CT molecular complexity index is 196. The summed E-state index contributed by atoms with van der Waals surface area (Å²) in [4.78, 5) is 0. The van der Waals surface area contributed by atoms with Gasteiger partial charge in [-0.1, -0.05) is 12.2 Å². The highest BCUT2D eigenvalue weighted by molar-refractivity contribution is 4.96. The highest BCUT2D eigenvalue weighted by Gasteiger charge is 2.30. The molecular formula is C12H21NO. The fourth-order valence-corrected chi connectivity index (χ4v) is 2.35. The summed E-state index contributed by atoms with van der Waals surface area (Å²) in [5, 5.41) is 3.71. The van der Waals surface area contributed by atoms with Gasteiger partial charge in [0.15, 0.2) is 0 Å². The monoisotopic (exact) mass is 195 g/mol. The van der Waals surface area contributed by atoms with Crippen LogP contribution in [0.2, 0.25) is 0 Å². The first kappa shape index (κ1) is 10.2. The third kappa shape index (κ3) is 2.58. The van der Waals surface area contributed by atoms with Gasteiger partial charge in [0.05, 0.1) is 6.10 Å². The molecule has 0 aromatic heterocycles. The zero-order valence-corrected chi connectivity index (χ0v) is 9.04. The Labute approximate surface area is 86.7 Å². The molecule has 1 atom stereocenters. The Hall–Kier alpha value is -0.340. The first-order valence-electron chi connectivity index (χ1n) is 5.91. The molecule has 0 bridgehead atoms. The van der Waals surface area contributed by atoms with E-state index in [0.29, 0.717) is 6.10 Å². The van der Waals surface area contributed by atoms with Crippen molar-refractivity contribution in [3.05, 3.63) is 12.2 Å². The molecular weight excluding hydrogens is 174 g/mol. The highest BCUT2D eigenvalue weighted by atomic mass is 16.5. The standard InChI is InChI=1S/C12H21NO/c1-2-14-12-8-11(9-12)13-10-6-4-3-5-7-10/h3-4,10-13H,2,5-9H2,1H3. The summed E-state index contributed by atoms with van der Waals surface area (Å²) in [5.41, 5.74) is 0. The van der Waals surface area contributed by atoms with Gasteiger partial charge in [-0.15, -0.1) is 0 Å². The molecule has 2 rings (SSSR count). The van der Waals surface area contributed by atoms with Crippen molar-refractivity contribution < 1.29 is 4.74 Å². The fraction of sp³-hybridized carbons (Fsp3) is 0.833. The Morgan fingerprint density at radius 3 is 2.79 bits per heavy atom. The van der Waals surface area contributed by atoms with Gasteiger partial charge in [-0.2, -0.15) is 0 Å². The molecule has 0 aromatic rings. The van der Waals surface area contributed by atoms with Crippen LogP contribution in [0.15, 0.2) is 12.2 Å². The molecule has 2 heteroatoms. The minimum atomic E-state index is 0.539. The van der Waals surface area contributed by atoms with Gasteiger partial charge in [0, 0.05) is 18.7 Å². The van der Waals surface area contributed by atoms with Gasteiger partial charge in [0.25, 0.3) is 0 Å². The molecule has 2 aliphatic carbocycles. The maximum atomic E-state index is 5.54. The second kappa shape index (κ2) is 4.94. The average Bonchev–Trinajstić information content (AvgIpc) is 2.16. The first-order valence-corrected chi connectivity index (χ1v) is 5.91. The number of hydrogen-bond acceptors (Lipinski definition) is 2. The van der Waals surface area contributed by atoms with Crippen LogP contribution >= 0.6 is 0 Å². The van der Waals surface area contributed by atoms with E-state index in [1.165, 1.54) is 32.1 Å². The molecule has 1 N–H and O–H groups in total. The van der Waals surface area contributed by atoms with Crippen molar-refractivity contribution in [2.45, 2.75) is 57.2 Å². The topological polar surface area (TPSA) is 21.3 Å². The molecule has 1 unspecified atom stereocenters. The Kier molecular flexibility index (Phi) is 3.60. The molecule has 80 valence electrons. The minimum absolute atomic E-state index is 0.539. The quantitative estimate of drug-likeness (QED) is 0.695. The summed E-state index contributed by atoms with van der Waals surface area (Å²) >= 11 is 0. The van der Waals surface area contributed by atoms with Crippen molar-refractivity contribution in [2.75, 3.05) is 6.61 Å². The predicted octanol–water partition coefficient (Wildman–Crippen LogP) is 2.25. The molecule has 1 saturated carbocycles. The Balaban J connectivity index is 1.61. The third-order valence-corrected chi connectivity index (χ3v) is 3.24. The number of ether oxygens (including phenoxy) is 1. The average molecular weight is 195 g/mol. The fourth-order valence-electron chi connectivity index (χ4n) is 2.35. The second-order valence-corrected chi connectivity index (χ2v) is 4.39. The number of nitrogens with one attached hydrogen (secondary N) is 1. The summed E-state index contributed by atoms with van der Waals surface area (Å²) in [7, 11) is 0. The van der Waals surface area contributed by atoms with E-state index in [4.69, 9.17) is 4.74 Å². The number of allylic oxidation sites excluding steroid dienone is 1. The molecule has 2 aliphatic rings. The van der Waals surface area contributed by atoms with Crippen molar-refractivity contribution in [3.8, 4) is 0 Å². The van der Waals surface area contributed by atoms with E-state index in [0.717, 1.165) is 18.7 Å².